The molecular formula is C17H17F2NO2S. The lowest BCUT2D eigenvalue weighted by molar-refractivity contribution is -0.113. The average Bonchev–Trinajstić information content (AvgIpc) is 2.50. The summed E-state index contributed by atoms with van der Waals surface area (Å²) in [6.45, 7) is 1.15. The number of alkyl halides is 2. The normalized spacial score (nSPS) is 10.7. The quantitative estimate of drug-likeness (QED) is 0.781. The van der Waals surface area contributed by atoms with Crippen molar-refractivity contribution in [2.75, 3.05) is 11.1 Å². The fourth-order valence-electron chi connectivity index (χ4n) is 1.92. The van der Waals surface area contributed by atoms with Crippen LogP contribution in [0.3, 0.4) is 0 Å². The first-order valence-corrected chi connectivity index (χ1v) is 7.97. The number of rotatable bonds is 6. The average molecular weight is 337 g/mol. The Kier molecular flexibility index (Phi) is 5.98. The number of halogens is 2. The molecule has 1 amide bonds. The summed E-state index contributed by atoms with van der Waals surface area (Å²) in [4.78, 5) is 13.0. The van der Waals surface area contributed by atoms with Crippen molar-refractivity contribution in [1.82, 2.24) is 0 Å². The van der Waals surface area contributed by atoms with Crippen LogP contribution in [0, 0.1) is 13.8 Å². The predicted octanol–water partition coefficient (Wildman–Crippen LogP) is 4.64. The van der Waals surface area contributed by atoms with Crippen LogP contribution in [0.15, 0.2) is 47.4 Å². The summed E-state index contributed by atoms with van der Waals surface area (Å²) in [5.74, 6) is 0.181. The number of thioether (sulfide) groups is 1. The number of hydrogen-bond donors (Lipinski definition) is 1. The summed E-state index contributed by atoms with van der Waals surface area (Å²) in [6, 6.07) is 11.9. The van der Waals surface area contributed by atoms with Gasteiger partial charge in [0.1, 0.15) is 5.75 Å². The molecule has 1 N–H and O–H groups in total. The van der Waals surface area contributed by atoms with Crippen LogP contribution in [0.4, 0.5) is 14.5 Å². The SMILES string of the molecule is Cc1ccc(C)c(SCC(=O)Nc2ccc(OC(F)F)cc2)c1. The lowest BCUT2D eigenvalue weighted by atomic mass is 10.2. The number of aryl methyl sites for hydroxylation is 2. The zero-order valence-corrected chi connectivity index (χ0v) is 13.6. The minimum Gasteiger partial charge on any atom is -0.435 e. The number of carbonyl (C=O) groups is 1. The molecule has 2 rings (SSSR count). The number of ether oxygens (including phenoxy) is 1. The van der Waals surface area contributed by atoms with Crippen molar-refractivity contribution in [2.45, 2.75) is 25.4 Å². The van der Waals surface area contributed by atoms with Crippen molar-refractivity contribution in [3.63, 3.8) is 0 Å². The van der Waals surface area contributed by atoms with Gasteiger partial charge < -0.3 is 10.1 Å². The highest BCUT2D eigenvalue weighted by molar-refractivity contribution is 8.00. The van der Waals surface area contributed by atoms with Gasteiger partial charge >= 0.3 is 6.61 Å². The third-order valence-corrected chi connectivity index (χ3v) is 4.22. The summed E-state index contributed by atoms with van der Waals surface area (Å²) < 4.78 is 28.4. The molecule has 3 nitrogen and oxygen atoms in total. The summed E-state index contributed by atoms with van der Waals surface area (Å²) >= 11 is 1.46. The van der Waals surface area contributed by atoms with E-state index in [9.17, 15) is 13.6 Å². The Morgan fingerprint density at radius 1 is 1.17 bits per heavy atom. The van der Waals surface area contributed by atoms with E-state index in [2.05, 4.69) is 10.1 Å². The molecule has 122 valence electrons. The van der Waals surface area contributed by atoms with Crippen LogP contribution in [0.25, 0.3) is 0 Å². The standard InChI is InChI=1S/C17H17F2NO2S/c1-11-3-4-12(2)15(9-11)23-10-16(21)20-13-5-7-14(8-6-13)22-17(18)19/h3-9,17H,10H2,1-2H3,(H,20,21). The molecule has 0 heterocycles. The highest BCUT2D eigenvalue weighted by atomic mass is 32.2. The van der Waals surface area contributed by atoms with E-state index in [0.717, 1.165) is 16.0 Å². The number of anilines is 1. The Labute approximate surface area is 138 Å². The van der Waals surface area contributed by atoms with E-state index in [-0.39, 0.29) is 17.4 Å². The fraction of sp³-hybridized carbons (Fsp3) is 0.235. The van der Waals surface area contributed by atoms with E-state index in [1.165, 1.54) is 36.0 Å². The maximum absolute atomic E-state index is 12.1. The van der Waals surface area contributed by atoms with Crippen LogP contribution in [0.1, 0.15) is 11.1 Å². The second kappa shape index (κ2) is 7.97. The first kappa shape index (κ1) is 17.3. The van der Waals surface area contributed by atoms with Gasteiger partial charge in [-0.3, -0.25) is 4.79 Å². The molecule has 2 aromatic carbocycles. The Morgan fingerprint density at radius 3 is 2.52 bits per heavy atom. The lowest BCUT2D eigenvalue weighted by Gasteiger charge is -2.09. The van der Waals surface area contributed by atoms with Crippen LogP contribution in [0.2, 0.25) is 0 Å². The minimum atomic E-state index is -2.86. The molecule has 0 spiro atoms. The van der Waals surface area contributed by atoms with E-state index in [0.29, 0.717) is 5.69 Å². The van der Waals surface area contributed by atoms with Gasteiger partial charge in [0, 0.05) is 10.6 Å². The zero-order valence-electron chi connectivity index (χ0n) is 12.8. The van der Waals surface area contributed by atoms with Crippen LogP contribution in [0.5, 0.6) is 5.75 Å². The fourth-order valence-corrected chi connectivity index (χ4v) is 2.85. The van der Waals surface area contributed by atoms with Crippen molar-refractivity contribution in [3.05, 3.63) is 53.6 Å². The third-order valence-electron chi connectivity index (χ3n) is 3.07. The molecule has 0 aliphatic rings. The molecule has 0 radical (unpaired) electrons. The van der Waals surface area contributed by atoms with Gasteiger partial charge in [-0.2, -0.15) is 8.78 Å². The molecular weight excluding hydrogens is 320 g/mol. The Hall–Kier alpha value is -2.08. The van der Waals surface area contributed by atoms with Gasteiger partial charge in [0.15, 0.2) is 0 Å². The number of carbonyl (C=O) groups excluding carboxylic acids is 1. The number of amides is 1. The summed E-state index contributed by atoms with van der Waals surface area (Å²) in [5.41, 5.74) is 2.81. The number of nitrogens with one attached hydrogen (secondary N) is 1. The minimum absolute atomic E-state index is 0.0581. The lowest BCUT2D eigenvalue weighted by Crippen LogP contribution is -2.14. The highest BCUT2D eigenvalue weighted by Crippen LogP contribution is 2.24. The van der Waals surface area contributed by atoms with Crippen LogP contribution >= 0.6 is 11.8 Å². The Morgan fingerprint density at radius 2 is 1.87 bits per heavy atom. The van der Waals surface area contributed by atoms with Crippen molar-refractivity contribution < 1.29 is 18.3 Å². The van der Waals surface area contributed by atoms with E-state index >= 15 is 0 Å². The molecule has 6 heteroatoms. The van der Waals surface area contributed by atoms with Crippen molar-refractivity contribution in [3.8, 4) is 5.75 Å². The largest absolute Gasteiger partial charge is 0.435 e. The topological polar surface area (TPSA) is 38.3 Å². The number of benzene rings is 2. The molecule has 0 aromatic heterocycles. The Balaban J connectivity index is 1.88. The van der Waals surface area contributed by atoms with E-state index in [1.54, 1.807) is 0 Å². The van der Waals surface area contributed by atoms with Gasteiger partial charge in [0.25, 0.3) is 0 Å². The monoisotopic (exact) mass is 337 g/mol. The second-order valence-electron chi connectivity index (χ2n) is 5.01. The van der Waals surface area contributed by atoms with Gasteiger partial charge in [-0.25, -0.2) is 0 Å². The van der Waals surface area contributed by atoms with E-state index in [4.69, 9.17) is 0 Å². The van der Waals surface area contributed by atoms with Gasteiger partial charge in [0.2, 0.25) is 5.91 Å². The molecule has 0 unspecified atom stereocenters. The van der Waals surface area contributed by atoms with Crippen LogP contribution < -0.4 is 10.1 Å². The van der Waals surface area contributed by atoms with Crippen molar-refractivity contribution in [2.24, 2.45) is 0 Å². The first-order valence-electron chi connectivity index (χ1n) is 6.99. The van der Waals surface area contributed by atoms with Crippen LogP contribution in [-0.4, -0.2) is 18.3 Å². The number of hydrogen-bond acceptors (Lipinski definition) is 3. The summed E-state index contributed by atoms with van der Waals surface area (Å²) in [7, 11) is 0. The molecule has 0 fully saturated rings. The van der Waals surface area contributed by atoms with E-state index in [1.807, 2.05) is 32.0 Å². The Bertz CT molecular complexity index is 675. The first-order chi connectivity index (χ1) is 10.9. The zero-order chi connectivity index (χ0) is 16.8. The molecule has 23 heavy (non-hydrogen) atoms. The second-order valence-corrected chi connectivity index (χ2v) is 6.03. The highest BCUT2D eigenvalue weighted by Gasteiger charge is 2.07. The van der Waals surface area contributed by atoms with Gasteiger partial charge in [-0.1, -0.05) is 17.7 Å². The smallest absolute Gasteiger partial charge is 0.387 e. The van der Waals surface area contributed by atoms with Crippen molar-refractivity contribution in [1.29, 1.82) is 0 Å². The third kappa shape index (κ3) is 5.56. The van der Waals surface area contributed by atoms with Crippen molar-refractivity contribution >= 4 is 23.4 Å². The molecule has 0 aliphatic carbocycles. The molecule has 0 saturated carbocycles. The maximum Gasteiger partial charge on any atom is 0.387 e. The van der Waals surface area contributed by atoms with Gasteiger partial charge in [-0.05, 0) is 49.7 Å². The van der Waals surface area contributed by atoms with Gasteiger partial charge in [0.05, 0.1) is 5.75 Å². The maximum atomic E-state index is 12.1. The molecule has 0 bridgehead atoms. The van der Waals surface area contributed by atoms with Crippen LogP contribution in [-0.2, 0) is 4.79 Å². The molecule has 0 atom stereocenters. The van der Waals surface area contributed by atoms with Gasteiger partial charge in [-0.15, -0.1) is 11.8 Å². The predicted molar refractivity (Wildman–Crippen MR) is 88.3 cm³/mol. The molecule has 2 aromatic rings. The molecule has 0 saturated heterocycles. The van der Waals surface area contributed by atoms with E-state index < -0.39 is 6.61 Å². The molecule has 0 aliphatic heterocycles. The summed E-state index contributed by atoms with van der Waals surface area (Å²) in [6.07, 6.45) is 0. The summed E-state index contributed by atoms with van der Waals surface area (Å²) in [5, 5.41) is 2.72.